The number of hydrogen-bond donors (Lipinski definition) is 2. The zero-order chi connectivity index (χ0) is 22.2. The zero-order valence-electron chi connectivity index (χ0n) is 16.9. The molecular weight excluding hydrogens is 407 g/mol. The number of carbonyl (C=O) groups excluding carboxylic acids is 1. The average molecular weight is 427 g/mol. The maximum Gasteiger partial charge on any atom is 0.247 e. The van der Waals surface area contributed by atoms with Crippen LogP contribution in [0.3, 0.4) is 0 Å². The molecule has 0 atom stereocenters. The standard InChI is InChI=1S/C22H20F3N5O/c1-22(2)21(31)26-9-10-30-18(12-27-22)29-19(13-3-5-14(23)6-4-13)20(30)28-15-7-8-16(24)17(25)11-15/h3-8,11-12,28H,9-10H2,1-2H3,(H,26,31). The van der Waals surface area contributed by atoms with Crippen LogP contribution >= 0.6 is 0 Å². The number of hydrogen-bond acceptors (Lipinski definition) is 4. The monoisotopic (exact) mass is 427 g/mol. The Balaban J connectivity index is 1.86. The van der Waals surface area contributed by atoms with E-state index >= 15 is 0 Å². The number of amides is 1. The van der Waals surface area contributed by atoms with Gasteiger partial charge in [0.25, 0.3) is 0 Å². The lowest BCUT2D eigenvalue weighted by molar-refractivity contribution is -0.125. The molecule has 0 spiro atoms. The fraction of sp³-hybridized carbons (Fsp3) is 0.227. The minimum Gasteiger partial charge on any atom is -0.352 e. The van der Waals surface area contributed by atoms with Gasteiger partial charge in [-0.15, -0.1) is 0 Å². The molecule has 0 saturated heterocycles. The number of nitrogens with zero attached hydrogens (tertiary/aromatic N) is 3. The summed E-state index contributed by atoms with van der Waals surface area (Å²) in [6.07, 6.45) is 1.51. The highest BCUT2D eigenvalue weighted by Gasteiger charge is 2.28. The van der Waals surface area contributed by atoms with E-state index in [2.05, 4.69) is 20.6 Å². The van der Waals surface area contributed by atoms with Crippen molar-refractivity contribution in [3.8, 4) is 11.3 Å². The van der Waals surface area contributed by atoms with Gasteiger partial charge < -0.3 is 15.2 Å². The number of imidazole rings is 1. The summed E-state index contributed by atoms with van der Waals surface area (Å²) in [7, 11) is 0. The SMILES string of the molecule is CC1(C)N=Cc2nc(-c3ccc(F)cc3)c(Nc3ccc(F)c(F)c3)n2CCNC1=O. The predicted octanol–water partition coefficient (Wildman–Crippen LogP) is 4.04. The van der Waals surface area contributed by atoms with Gasteiger partial charge in [0.1, 0.15) is 22.9 Å². The van der Waals surface area contributed by atoms with E-state index in [1.54, 1.807) is 30.5 Å². The maximum absolute atomic E-state index is 13.8. The van der Waals surface area contributed by atoms with E-state index in [4.69, 9.17) is 0 Å². The first-order valence-electron chi connectivity index (χ1n) is 9.67. The molecule has 0 bridgehead atoms. The van der Waals surface area contributed by atoms with E-state index in [1.165, 1.54) is 24.4 Å². The van der Waals surface area contributed by atoms with Crippen molar-refractivity contribution in [1.82, 2.24) is 14.9 Å². The van der Waals surface area contributed by atoms with E-state index in [0.29, 0.717) is 41.7 Å². The van der Waals surface area contributed by atoms with E-state index in [9.17, 15) is 18.0 Å². The lowest BCUT2D eigenvalue weighted by atomic mass is 10.1. The number of fused-ring (bicyclic) bond motifs is 1. The molecule has 1 aromatic heterocycles. The van der Waals surface area contributed by atoms with Crippen LogP contribution in [0.4, 0.5) is 24.7 Å². The van der Waals surface area contributed by atoms with Crippen molar-refractivity contribution in [3.63, 3.8) is 0 Å². The molecule has 0 radical (unpaired) electrons. The number of anilines is 2. The van der Waals surface area contributed by atoms with Crippen LogP contribution in [0.25, 0.3) is 11.3 Å². The summed E-state index contributed by atoms with van der Waals surface area (Å²) >= 11 is 0. The summed E-state index contributed by atoms with van der Waals surface area (Å²) in [6.45, 7) is 4.05. The van der Waals surface area contributed by atoms with Crippen LogP contribution in [0.2, 0.25) is 0 Å². The average Bonchev–Trinajstić information content (AvgIpc) is 3.08. The van der Waals surface area contributed by atoms with Gasteiger partial charge in [0, 0.05) is 30.4 Å². The number of carbonyl (C=O) groups is 1. The number of nitrogens with one attached hydrogen (secondary N) is 2. The van der Waals surface area contributed by atoms with Gasteiger partial charge in [0.05, 0.1) is 6.21 Å². The second kappa shape index (κ2) is 7.90. The van der Waals surface area contributed by atoms with Crippen LogP contribution in [0.5, 0.6) is 0 Å². The summed E-state index contributed by atoms with van der Waals surface area (Å²) in [5, 5.41) is 5.92. The Labute approximate surface area is 176 Å². The van der Waals surface area contributed by atoms with Gasteiger partial charge in [0.2, 0.25) is 5.91 Å². The van der Waals surface area contributed by atoms with Gasteiger partial charge in [0.15, 0.2) is 17.5 Å². The van der Waals surface area contributed by atoms with E-state index < -0.39 is 17.2 Å². The van der Waals surface area contributed by atoms with Crippen molar-refractivity contribution < 1.29 is 18.0 Å². The summed E-state index contributed by atoms with van der Waals surface area (Å²) in [5.41, 5.74) is 0.437. The van der Waals surface area contributed by atoms with Crippen LogP contribution in [0, 0.1) is 17.5 Å². The van der Waals surface area contributed by atoms with Crippen molar-refractivity contribution in [3.05, 3.63) is 65.7 Å². The third kappa shape index (κ3) is 4.16. The second-order valence-corrected chi connectivity index (χ2v) is 7.65. The van der Waals surface area contributed by atoms with Gasteiger partial charge in [-0.1, -0.05) is 0 Å². The summed E-state index contributed by atoms with van der Waals surface area (Å²) < 4.78 is 42.4. The Morgan fingerprint density at radius 3 is 2.52 bits per heavy atom. The minimum absolute atomic E-state index is 0.219. The van der Waals surface area contributed by atoms with E-state index in [0.717, 1.165) is 12.1 Å². The molecule has 4 rings (SSSR count). The number of benzene rings is 2. The molecule has 2 heterocycles. The molecule has 160 valence electrons. The second-order valence-electron chi connectivity index (χ2n) is 7.65. The molecule has 2 aromatic carbocycles. The Morgan fingerprint density at radius 2 is 1.81 bits per heavy atom. The minimum atomic E-state index is -0.992. The highest BCUT2D eigenvalue weighted by atomic mass is 19.2. The largest absolute Gasteiger partial charge is 0.352 e. The lowest BCUT2D eigenvalue weighted by Gasteiger charge is -2.17. The zero-order valence-corrected chi connectivity index (χ0v) is 16.9. The summed E-state index contributed by atoms with van der Waals surface area (Å²) in [4.78, 5) is 21.3. The first kappa shape index (κ1) is 20.6. The van der Waals surface area contributed by atoms with Crippen LogP contribution in [-0.4, -0.2) is 33.8 Å². The molecule has 0 saturated carbocycles. The molecule has 9 heteroatoms. The molecule has 2 N–H and O–H groups in total. The summed E-state index contributed by atoms with van der Waals surface area (Å²) in [5.74, 6) is -1.61. The number of rotatable bonds is 3. The molecule has 1 aliphatic heterocycles. The fourth-order valence-corrected chi connectivity index (χ4v) is 3.22. The highest BCUT2D eigenvalue weighted by Crippen LogP contribution is 2.32. The lowest BCUT2D eigenvalue weighted by Crippen LogP contribution is -2.41. The van der Waals surface area contributed by atoms with E-state index in [1.807, 2.05) is 0 Å². The molecule has 0 aliphatic carbocycles. The number of aliphatic imine (C=N–C) groups is 1. The highest BCUT2D eigenvalue weighted by molar-refractivity contribution is 5.90. The van der Waals surface area contributed by atoms with E-state index in [-0.39, 0.29) is 11.7 Å². The molecule has 1 aliphatic rings. The molecule has 1 amide bonds. The normalized spacial score (nSPS) is 15.5. The fourth-order valence-electron chi connectivity index (χ4n) is 3.22. The molecule has 3 aromatic rings. The van der Waals surface area contributed by atoms with Gasteiger partial charge in [-0.05, 0) is 50.2 Å². The third-order valence-corrected chi connectivity index (χ3v) is 4.98. The predicted molar refractivity (Wildman–Crippen MR) is 112 cm³/mol. The maximum atomic E-state index is 13.8. The summed E-state index contributed by atoms with van der Waals surface area (Å²) in [6, 6.07) is 9.26. The molecule has 0 fully saturated rings. The van der Waals surface area contributed by atoms with Gasteiger partial charge in [-0.3, -0.25) is 9.79 Å². The van der Waals surface area contributed by atoms with Crippen molar-refractivity contribution in [2.24, 2.45) is 4.99 Å². The third-order valence-electron chi connectivity index (χ3n) is 4.98. The first-order valence-corrected chi connectivity index (χ1v) is 9.67. The van der Waals surface area contributed by atoms with Crippen molar-refractivity contribution >= 4 is 23.6 Å². The van der Waals surface area contributed by atoms with Crippen LogP contribution < -0.4 is 10.6 Å². The number of aromatic nitrogens is 2. The Hall–Kier alpha value is -3.62. The molecule has 0 unspecified atom stereocenters. The van der Waals surface area contributed by atoms with Gasteiger partial charge >= 0.3 is 0 Å². The van der Waals surface area contributed by atoms with Crippen molar-refractivity contribution in [2.45, 2.75) is 25.9 Å². The van der Waals surface area contributed by atoms with Crippen LogP contribution in [-0.2, 0) is 11.3 Å². The first-order chi connectivity index (χ1) is 14.7. The smallest absolute Gasteiger partial charge is 0.247 e. The van der Waals surface area contributed by atoms with Gasteiger partial charge in [-0.25, -0.2) is 18.2 Å². The van der Waals surface area contributed by atoms with Crippen LogP contribution in [0.1, 0.15) is 19.7 Å². The van der Waals surface area contributed by atoms with Crippen LogP contribution in [0.15, 0.2) is 47.5 Å². The molecular formula is C22H20F3N5O. The van der Waals surface area contributed by atoms with Crippen molar-refractivity contribution in [1.29, 1.82) is 0 Å². The Kier molecular flexibility index (Phi) is 5.26. The molecule has 6 nitrogen and oxygen atoms in total. The van der Waals surface area contributed by atoms with Crippen molar-refractivity contribution in [2.75, 3.05) is 11.9 Å². The topological polar surface area (TPSA) is 71.3 Å². The number of halogens is 3. The molecule has 31 heavy (non-hydrogen) atoms. The Bertz CT molecular complexity index is 1170. The van der Waals surface area contributed by atoms with Gasteiger partial charge in [-0.2, -0.15) is 0 Å². The quantitative estimate of drug-likeness (QED) is 0.663. The Morgan fingerprint density at radius 1 is 1.06 bits per heavy atom.